The van der Waals surface area contributed by atoms with Gasteiger partial charge in [-0.15, -0.1) is 0 Å². The fourth-order valence-electron chi connectivity index (χ4n) is 2.95. The Bertz CT molecular complexity index is 990. The minimum absolute atomic E-state index is 0.133. The Balaban J connectivity index is 1.96. The molecule has 0 aromatic heterocycles. The van der Waals surface area contributed by atoms with E-state index in [1.165, 1.54) is 6.08 Å². The van der Waals surface area contributed by atoms with E-state index < -0.39 is 11.7 Å². The Hall–Kier alpha value is -3.61. The number of hydrogen-bond donors (Lipinski definition) is 1. The van der Waals surface area contributed by atoms with Crippen LogP contribution >= 0.6 is 0 Å². The molecule has 0 aliphatic heterocycles. The van der Waals surface area contributed by atoms with Gasteiger partial charge in [0.15, 0.2) is 0 Å². The summed E-state index contributed by atoms with van der Waals surface area (Å²) in [5, 5.41) is 2.49. The number of rotatable bonds is 8. The lowest BCUT2D eigenvalue weighted by molar-refractivity contribution is -0.137. The minimum Gasteiger partial charge on any atom is -0.463 e. The lowest BCUT2D eigenvalue weighted by Gasteiger charge is -2.21. The van der Waals surface area contributed by atoms with Crippen molar-refractivity contribution in [3.63, 3.8) is 0 Å². The van der Waals surface area contributed by atoms with Crippen LogP contribution in [0.2, 0.25) is 0 Å². The van der Waals surface area contributed by atoms with Crippen molar-refractivity contribution in [2.45, 2.75) is 39.8 Å². The molecule has 0 saturated heterocycles. The predicted octanol–water partition coefficient (Wildman–Crippen LogP) is 4.41. The van der Waals surface area contributed by atoms with Gasteiger partial charge in [-0.05, 0) is 62.1 Å². The number of benzene rings is 2. The number of amides is 2. The van der Waals surface area contributed by atoms with Gasteiger partial charge in [-0.2, -0.15) is 0 Å². The van der Waals surface area contributed by atoms with Gasteiger partial charge in [-0.1, -0.05) is 42.5 Å². The zero-order valence-electron chi connectivity index (χ0n) is 19.9. The van der Waals surface area contributed by atoms with Crippen molar-refractivity contribution in [1.82, 2.24) is 10.2 Å². The molecule has 1 N–H and O–H groups in total. The maximum atomic E-state index is 12.4. The molecule has 0 unspecified atom stereocenters. The van der Waals surface area contributed by atoms with Crippen molar-refractivity contribution in [3.05, 3.63) is 65.7 Å². The molecule has 0 bridgehead atoms. The highest BCUT2D eigenvalue weighted by Gasteiger charge is 2.17. The van der Waals surface area contributed by atoms with Gasteiger partial charge in [0.2, 0.25) is 5.91 Å². The van der Waals surface area contributed by atoms with Gasteiger partial charge in [-0.25, -0.2) is 9.59 Å². The van der Waals surface area contributed by atoms with Crippen LogP contribution < -0.4 is 5.32 Å². The monoisotopic (exact) mass is 452 g/mol. The standard InChI is InChI=1S/C26H32N2O5/c1-6-32-24(30)15-12-19-10-13-21(14-11-19)22-9-7-8-20(16-22)18-28(5)23(29)17-27-25(31)33-26(2,3)4/h7-16H,6,17-18H2,1-5H3,(H,27,31). The number of alkyl carbamates (subject to hydrolysis) is 1. The van der Waals surface area contributed by atoms with E-state index in [9.17, 15) is 14.4 Å². The highest BCUT2D eigenvalue weighted by molar-refractivity contribution is 5.87. The van der Waals surface area contributed by atoms with Crippen molar-refractivity contribution >= 4 is 24.0 Å². The number of carbonyl (C=O) groups is 3. The van der Waals surface area contributed by atoms with Gasteiger partial charge in [0, 0.05) is 19.7 Å². The fraction of sp³-hybridized carbons (Fsp3) is 0.346. The molecular formula is C26H32N2O5. The Morgan fingerprint density at radius 3 is 2.36 bits per heavy atom. The highest BCUT2D eigenvalue weighted by Crippen LogP contribution is 2.22. The molecule has 2 amide bonds. The molecule has 0 radical (unpaired) electrons. The summed E-state index contributed by atoms with van der Waals surface area (Å²) in [7, 11) is 1.69. The zero-order valence-corrected chi connectivity index (χ0v) is 19.9. The van der Waals surface area contributed by atoms with Crippen molar-refractivity contribution in [1.29, 1.82) is 0 Å². The third-order valence-electron chi connectivity index (χ3n) is 4.50. The molecule has 0 heterocycles. The van der Waals surface area contributed by atoms with E-state index in [1.54, 1.807) is 45.7 Å². The smallest absolute Gasteiger partial charge is 0.408 e. The highest BCUT2D eigenvalue weighted by atomic mass is 16.6. The molecule has 0 saturated carbocycles. The van der Waals surface area contributed by atoms with Crippen LogP contribution in [0, 0.1) is 0 Å². The molecule has 176 valence electrons. The van der Waals surface area contributed by atoms with Crippen LogP contribution in [0.15, 0.2) is 54.6 Å². The molecule has 2 aromatic rings. The Morgan fingerprint density at radius 2 is 1.73 bits per heavy atom. The van der Waals surface area contributed by atoms with E-state index in [1.807, 2.05) is 48.5 Å². The first-order valence-electron chi connectivity index (χ1n) is 10.8. The van der Waals surface area contributed by atoms with Crippen molar-refractivity contribution < 1.29 is 23.9 Å². The van der Waals surface area contributed by atoms with E-state index in [0.717, 1.165) is 22.3 Å². The Labute approximate surface area is 195 Å². The number of esters is 1. The SMILES string of the molecule is CCOC(=O)C=Cc1ccc(-c2cccc(CN(C)C(=O)CNC(=O)OC(C)(C)C)c2)cc1. The number of carbonyl (C=O) groups excluding carboxylic acids is 3. The van der Waals surface area contributed by atoms with Crippen LogP contribution in [0.1, 0.15) is 38.8 Å². The molecule has 0 fully saturated rings. The van der Waals surface area contributed by atoms with Crippen LogP contribution in [0.25, 0.3) is 17.2 Å². The molecule has 7 heteroatoms. The number of ether oxygens (including phenoxy) is 2. The summed E-state index contributed by atoms with van der Waals surface area (Å²) in [4.78, 5) is 37.1. The summed E-state index contributed by atoms with van der Waals surface area (Å²) in [6, 6.07) is 15.7. The van der Waals surface area contributed by atoms with E-state index in [2.05, 4.69) is 5.32 Å². The van der Waals surface area contributed by atoms with Crippen molar-refractivity contribution in [3.8, 4) is 11.1 Å². The lowest BCUT2D eigenvalue weighted by Crippen LogP contribution is -2.40. The molecule has 0 aliphatic rings. The largest absolute Gasteiger partial charge is 0.463 e. The second-order valence-corrected chi connectivity index (χ2v) is 8.51. The fourth-order valence-corrected chi connectivity index (χ4v) is 2.95. The van der Waals surface area contributed by atoms with Crippen LogP contribution in [-0.4, -0.2) is 48.7 Å². The second-order valence-electron chi connectivity index (χ2n) is 8.51. The second kappa shape index (κ2) is 11.9. The molecule has 7 nitrogen and oxygen atoms in total. The maximum Gasteiger partial charge on any atom is 0.408 e. The van der Waals surface area contributed by atoms with Gasteiger partial charge < -0.3 is 19.7 Å². The van der Waals surface area contributed by atoms with E-state index in [-0.39, 0.29) is 18.4 Å². The Morgan fingerprint density at radius 1 is 1.03 bits per heavy atom. The van der Waals surface area contributed by atoms with Crippen LogP contribution in [0.5, 0.6) is 0 Å². The molecule has 2 aromatic carbocycles. The van der Waals surface area contributed by atoms with E-state index in [0.29, 0.717) is 13.2 Å². The van der Waals surface area contributed by atoms with E-state index >= 15 is 0 Å². The van der Waals surface area contributed by atoms with Gasteiger partial charge in [0.1, 0.15) is 12.1 Å². The Kier molecular flexibility index (Phi) is 9.21. The molecule has 0 atom stereocenters. The quantitative estimate of drug-likeness (QED) is 0.474. The third-order valence-corrected chi connectivity index (χ3v) is 4.50. The summed E-state index contributed by atoms with van der Waals surface area (Å²) in [5.74, 6) is -0.585. The molecular weight excluding hydrogens is 420 g/mol. The molecule has 33 heavy (non-hydrogen) atoms. The van der Waals surface area contributed by atoms with Crippen molar-refractivity contribution in [2.75, 3.05) is 20.2 Å². The summed E-state index contributed by atoms with van der Waals surface area (Å²) in [6.07, 6.45) is 2.50. The average molecular weight is 453 g/mol. The number of hydrogen-bond acceptors (Lipinski definition) is 5. The zero-order chi connectivity index (χ0) is 24.4. The van der Waals surface area contributed by atoms with Crippen LogP contribution in [0.3, 0.4) is 0 Å². The van der Waals surface area contributed by atoms with E-state index in [4.69, 9.17) is 9.47 Å². The summed E-state index contributed by atoms with van der Waals surface area (Å²) in [6.45, 7) is 7.68. The molecule has 0 aliphatic carbocycles. The minimum atomic E-state index is -0.619. The summed E-state index contributed by atoms with van der Waals surface area (Å²) >= 11 is 0. The van der Waals surface area contributed by atoms with Gasteiger partial charge in [0.25, 0.3) is 0 Å². The molecule has 0 spiro atoms. The first-order valence-corrected chi connectivity index (χ1v) is 10.8. The summed E-state index contributed by atoms with van der Waals surface area (Å²) < 4.78 is 10.0. The summed E-state index contributed by atoms with van der Waals surface area (Å²) in [5.41, 5.74) is 3.28. The first-order chi connectivity index (χ1) is 15.6. The van der Waals surface area contributed by atoms with Crippen LogP contribution in [-0.2, 0) is 25.6 Å². The number of nitrogens with zero attached hydrogens (tertiary/aromatic N) is 1. The lowest BCUT2D eigenvalue weighted by atomic mass is 10.0. The predicted molar refractivity (Wildman–Crippen MR) is 128 cm³/mol. The normalized spacial score (nSPS) is 11.2. The van der Waals surface area contributed by atoms with Crippen LogP contribution in [0.4, 0.5) is 4.79 Å². The van der Waals surface area contributed by atoms with Gasteiger partial charge in [0.05, 0.1) is 6.61 Å². The maximum absolute atomic E-state index is 12.4. The van der Waals surface area contributed by atoms with Gasteiger partial charge in [-0.3, -0.25) is 4.79 Å². The first kappa shape index (κ1) is 25.6. The average Bonchev–Trinajstić information content (AvgIpc) is 2.75. The van der Waals surface area contributed by atoms with Gasteiger partial charge >= 0.3 is 12.1 Å². The number of likely N-dealkylation sites (N-methyl/N-ethyl adjacent to an activating group) is 1. The molecule has 2 rings (SSSR count). The van der Waals surface area contributed by atoms with Crippen molar-refractivity contribution in [2.24, 2.45) is 0 Å². The topological polar surface area (TPSA) is 84.9 Å². The third kappa shape index (κ3) is 9.19. The number of nitrogens with one attached hydrogen (secondary N) is 1.